The molecule has 8 nitrogen and oxygen atoms in total. The highest BCUT2D eigenvalue weighted by Gasteiger charge is 2.23. The number of carbonyl (C=O) groups is 1. The lowest BCUT2D eigenvalue weighted by Gasteiger charge is -2.26. The molecular formula is C22H29N3O5S. The number of benzene rings is 2. The second-order valence-electron chi connectivity index (χ2n) is 7.23. The van der Waals surface area contributed by atoms with Gasteiger partial charge in [-0.1, -0.05) is 38.1 Å². The molecule has 0 bridgehead atoms. The number of sulfonamides is 1. The Balaban J connectivity index is 1.52. The normalized spacial score (nSPS) is 16.6. The maximum Gasteiger partial charge on any atom is 0.315 e. The minimum atomic E-state index is -3.50. The molecule has 1 aliphatic rings. The Bertz CT molecular complexity index is 990. The Labute approximate surface area is 183 Å². The maximum absolute atomic E-state index is 12.6. The summed E-state index contributed by atoms with van der Waals surface area (Å²) in [6.45, 7) is 6.94. The fourth-order valence-electron chi connectivity index (χ4n) is 3.34. The molecule has 1 heterocycles. The zero-order valence-corrected chi connectivity index (χ0v) is 18.8. The average Bonchev–Trinajstić information content (AvgIpc) is 2.78. The van der Waals surface area contributed by atoms with Crippen LogP contribution in [0.15, 0.2) is 53.4 Å². The van der Waals surface area contributed by atoms with Gasteiger partial charge >= 0.3 is 6.03 Å². The highest BCUT2D eigenvalue weighted by Crippen LogP contribution is 2.30. The molecular weight excluding hydrogens is 418 g/mol. The molecule has 2 amide bonds. The molecule has 2 aromatic carbocycles. The topological polar surface area (TPSA) is 97.0 Å². The van der Waals surface area contributed by atoms with Crippen LogP contribution in [0.4, 0.5) is 4.79 Å². The Morgan fingerprint density at radius 2 is 1.74 bits per heavy atom. The fraction of sp³-hybridized carbons (Fsp3) is 0.409. The van der Waals surface area contributed by atoms with Crippen molar-refractivity contribution in [2.75, 3.05) is 26.2 Å². The van der Waals surface area contributed by atoms with Crippen LogP contribution in [0.25, 0.3) is 0 Å². The van der Waals surface area contributed by atoms with Crippen LogP contribution in [0, 0.1) is 0 Å². The third kappa shape index (κ3) is 5.48. The monoisotopic (exact) mass is 447 g/mol. The Kier molecular flexibility index (Phi) is 7.40. The van der Waals surface area contributed by atoms with E-state index in [-0.39, 0.29) is 23.1 Å². The van der Waals surface area contributed by atoms with Gasteiger partial charge in [-0.2, -0.15) is 4.31 Å². The number of urea groups is 1. The number of hydrogen-bond acceptors (Lipinski definition) is 5. The minimum Gasteiger partial charge on any atom is -0.486 e. The van der Waals surface area contributed by atoms with Gasteiger partial charge in [0, 0.05) is 13.1 Å². The van der Waals surface area contributed by atoms with Crippen molar-refractivity contribution in [3.8, 4) is 11.5 Å². The van der Waals surface area contributed by atoms with Crippen molar-refractivity contribution in [1.29, 1.82) is 0 Å². The van der Waals surface area contributed by atoms with Crippen LogP contribution in [-0.4, -0.2) is 51.1 Å². The van der Waals surface area contributed by atoms with E-state index in [1.807, 2.05) is 45.0 Å². The third-order valence-electron chi connectivity index (χ3n) is 5.13. The van der Waals surface area contributed by atoms with Gasteiger partial charge < -0.3 is 20.1 Å². The van der Waals surface area contributed by atoms with Crippen molar-refractivity contribution in [1.82, 2.24) is 14.9 Å². The van der Waals surface area contributed by atoms with Gasteiger partial charge in [-0.3, -0.25) is 0 Å². The summed E-state index contributed by atoms with van der Waals surface area (Å²) in [6.07, 6.45) is -0.277. The standard InChI is InChI=1S/C22H29N3O5S/c1-4-25(5-2)31(27,28)19-12-10-17(11-13-19)16(3)24-22(26)23-14-18-15-29-20-8-6-7-9-21(20)30-18/h6-13,16,18H,4-5,14-15H2,1-3H3,(H2,23,24,26). The molecule has 2 N–H and O–H groups in total. The number of ether oxygens (including phenoxy) is 2. The highest BCUT2D eigenvalue weighted by atomic mass is 32.2. The lowest BCUT2D eigenvalue weighted by atomic mass is 10.1. The lowest BCUT2D eigenvalue weighted by Crippen LogP contribution is -2.45. The number of hydrogen-bond donors (Lipinski definition) is 2. The Hall–Kier alpha value is -2.78. The molecule has 0 saturated carbocycles. The number of fused-ring (bicyclic) bond motifs is 1. The fourth-order valence-corrected chi connectivity index (χ4v) is 4.80. The molecule has 0 radical (unpaired) electrons. The van der Waals surface area contributed by atoms with Crippen LogP contribution >= 0.6 is 0 Å². The van der Waals surface area contributed by atoms with Gasteiger partial charge in [0.15, 0.2) is 17.6 Å². The van der Waals surface area contributed by atoms with Gasteiger partial charge in [-0.05, 0) is 36.8 Å². The highest BCUT2D eigenvalue weighted by molar-refractivity contribution is 7.89. The van der Waals surface area contributed by atoms with E-state index in [2.05, 4.69) is 10.6 Å². The van der Waals surface area contributed by atoms with Crippen LogP contribution in [0.5, 0.6) is 11.5 Å². The van der Waals surface area contributed by atoms with Crippen LogP contribution in [0.2, 0.25) is 0 Å². The largest absolute Gasteiger partial charge is 0.486 e. The van der Waals surface area contributed by atoms with E-state index >= 15 is 0 Å². The summed E-state index contributed by atoms with van der Waals surface area (Å²) in [5.41, 5.74) is 0.805. The molecule has 3 rings (SSSR count). The smallest absolute Gasteiger partial charge is 0.315 e. The summed E-state index contributed by atoms with van der Waals surface area (Å²) in [7, 11) is -3.50. The summed E-state index contributed by atoms with van der Waals surface area (Å²) in [5, 5.41) is 5.64. The minimum absolute atomic E-state index is 0.242. The summed E-state index contributed by atoms with van der Waals surface area (Å²) in [4.78, 5) is 12.5. The van der Waals surface area contributed by atoms with Gasteiger partial charge in [0.25, 0.3) is 0 Å². The molecule has 1 aliphatic heterocycles. The van der Waals surface area contributed by atoms with Gasteiger partial charge in [-0.25, -0.2) is 13.2 Å². The quantitative estimate of drug-likeness (QED) is 0.649. The third-order valence-corrected chi connectivity index (χ3v) is 7.19. The van der Waals surface area contributed by atoms with E-state index < -0.39 is 10.0 Å². The number of rotatable bonds is 8. The van der Waals surface area contributed by atoms with E-state index in [1.54, 1.807) is 24.3 Å². The van der Waals surface area contributed by atoms with Gasteiger partial charge in [0.05, 0.1) is 17.5 Å². The zero-order chi connectivity index (χ0) is 22.4. The predicted octanol–water partition coefficient (Wildman–Crippen LogP) is 2.92. The molecule has 2 atom stereocenters. The van der Waals surface area contributed by atoms with E-state index in [1.165, 1.54) is 4.31 Å². The predicted molar refractivity (Wildman–Crippen MR) is 118 cm³/mol. The molecule has 2 aromatic rings. The first kappa shape index (κ1) is 22.9. The van der Waals surface area contributed by atoms with E-state index in [9.17, 15) is 13.2 Å². The number of nitrogens with zero attached hydrogens (tertiary/aromatic N) is 1. The molecule has 9 heteroatoms. The van der Waals surface area contributed by atoms with Crippen molar-refractivity contribution in [2.45, 2.75) is 37.8 Å². The SMILES string of the molecule is CCN(CC)S(=O)(=O)c1ccc(C(C)NC(=O)NCC2COc3ccccc3O2)cc1. The first-order valence-corrected chi connectivity index (χ1v) is 11.8. The van der Waals surface area contributed by atoms with E-state index in [0.717, 1.165) is 5.56 Å². The number of carbonyl (C=O) groups excluding carboxylic acids is 1. The van der Waals surface area contributed by atoms with Gasteiger partial charge in [0.2, 0.25) is 10.0 Å². The van der Waals surface area contributed by atoms with Crippen molar-refractivity contribution >= 4 is 16.1 Å². The molecule has 31 heavy (non-hydrogen) atoms. The summed E-state index contributed by atoms with van der Waals surface area (Å²) >= 11 is 0. The average molecular weight is 448 g/mol. The first-order chi connectivity index (χ1) is 14.8. The van der Waals surface area contributed by atoms with Crippen LogP contribution < -0.4 is 20.1 Å². The van der Waals surface area contributed by atoms with E-state index in [0.29, 0.717) is 37.7 Å². The van der Waals surface area contributed by atoms with Gasteiger partial charge in [0.1, 0.15) is 6.61 Å². The van der Waals surface area contributed by atoms with Crippen LogP contribution in [-0.2, 0) is 10.0 Å². The second-order valence-corrected chi connectivity index (χ2v) is 9.17. The molecule has 0 aromatic heterocycles. The zero-order valence-electron chi connectivity index (χ0n) is 18.0. The second kappa shape index (κ2) is 10.0. The maximum atomic E-state index is 12.6. The summed E-state index contributed by atoms with van der Waals surface area (Å²) in [6, 6.07) is 13.4. The molecule has 0 spiro atoms. The van der Waals surface area contributed by atoms with Crippen LogP contribution in [0.1, 0.15) is 32.4 Å². The summed E-state index contributed by atoms with van der Waals surface area (Å²) < 4.78 is 38.1. The molecule has 2 unspecified atom stereocenters. The van der Waals surface area contributed by atoms with Crippen LogP contribution in [0.3, 0.4) is 0 Å². The Morgan fingerprint density at radius 1 is 1.10 bits per heavy atom. The first-order valence-electron chi connectivity index (χ1n) is 10.4. The molecule has 0 aliphatic carbocycles. The van der Waals surface area contributed by atoms with Crippen molar-refractivity contribution < 1.29 is 22.7 Å². The number of nitrogens with one attached hydrogen (secondary N) is 2. The van der Waals surface area contributed by atoms with Crippen molar-refractivity contribution in [3.05, 3.63) is 54.1 Å². The number of amides is 2. The van der Waals surface area contributed by atoms with Gasteiger partial charge in [-0.15, -0.1) is 0 Å². The molecule has 0 fully saturated rings. The summed E-state index contributed by atoms with van der Waals surface area (Å²) in [5.74, 6) is 1.36. The molecule has 168 valence electrons. The molecule has 0 saturated heterocycles. The van der Waals surface area contributed by atoms with Crippen molar-refractivity contribution in [3.63, 3.8) is 0 Å². The van der Waals surface area contributed by atoms with Crippen molar-refractivity contribution in [2.24, 2.45) is 0 Å². The van der Waals surface area contributed by atoms with E-state index in [4.69, 9.17) is 9.47 Å². The lowest BCUT2D eigenvalue weighted by molar-refractivity contribution is 0.0917. The Morgan fingerprint density at radius 3 is 2.39 bits per heavy atom. The number of para-hydroxylation sites is 2.